The van der Waals surface area contributed by atoms with Crippen molar-refractivity contribution >= 4 is 17.7 Å². The number of rotatable bonds is 58. The molecule has 15 atom stereocenters. The monoisotopic (exact) mass is 1550 g/mol. The molecule has 10 N–H and O–H groups in total. The van der Waals surface area contributed by atoms with Gasteiger partial charge in [-0.2, -0.15) is 0 Å². The van der Waals surface area contributed by atoms with Gasteiger partial charge in [0.05, 0.1) is 262 Å². The van der Waals surface area contributed by atoms with Crippen LogP contribution in [0.5, 0.6) is 0 Å². The van der Waals surface area contributed by atoms with E-state index in [4.69, 9.17) is 99.5 Å². The van der Waals surface area contributed by atoms with Gasteiger partial charge in [-0.25, -0.2) is 14.0 Å². The predicted molar refractivity (Wildman–Crippen MR) is 360 cm³/mol. The Bertz CT molecular complexity index is 2770. The molecular weight excluding hydrogens is 1440 g/mol. The second-order valence-electron chi connectivity index (χ2n) is 26.7. The van der Waals surface area contributed by atoms with Gasteiger partial charge in [0.15, 0.2) is 18.9 Å². The van der Waals surface area contributed by atoms with E-state index in [0.717, 1.165) is 0 Å². The highest BCUT2D eigenvalue weighted by Gasteiger charge is 2.62. The van der Waals surface area contributed by atoms with Crippen LogP contribution in [0.15, 0.2) is 18.6 Å². The van der Waals surface area contributed by atoms with Crippen molar-refractivity contribution in [2.75, 3.05) is 205 Å². The highest BCUT2D eigenvalue weighted by molar-refractivity contribution is 5.74. The Labute approximate surface area is 623 Å². The van der Waals surface area contributed by atoms with Gasteiger partial charge in [-0.3, -0.25) is 14.4 Å². The molecule has 3 aromatic rings. The second-order valence-corrected chi connectivity index (χ2v) is 26.7. The van der Waals surface area contributed by atoms with Crippen molar-refractivity contribution in [1.82, 2.24) is 66.2 Å². The van der Waals surface area contributed by atoms with Crippen LogP contribution in [0.2, 0.25) is 0 Å². The Morgan fingerprint density at radius 2 is 0.639 bits per heavy atom. The van der Waals surface area contributed by atoms with Crippen LogP contribution in [0.3, 0.4) is 0 Å². The van der Waals surface area contributed by atoms with Crippen LogP contribution in [0.4, 0.5) is 0 Å². The maximum atomic E-state index is 11.5. The van der Waals surface area contributed by atoms with Gasteiger partial charge in [0, 0.05) is 20.8 Å². The molecule has 0 aromatic carbocycles. The maximum Gasteiger partial charge on any atom is 0.217 e. The molecule has 6 bridgehead atoms. The normalized spacial score (nSPS) is 27.9. The number of nitrogens with zero attached hydrogens (tertiary/aromatic N) is 9. The summed E-state index contributed by atoms with van der Waals surface area (Å²) in [6.45, 7) is 12.4. The van der Waals surface area contributed by atoms with Crippen molar-refractivity contribution in [3.63, 3.8) is 0 Å². The molecule has 6 aliphatic heterocycles. The second kappa shape index (κ2) is 44.8. The first-order valence-corrected chi connectivity index (χ1v) is 36.1. The van der Waals surface area contributed by atoms with E-state index in [-0.39, 0.29) is 137 Å². The van der Waals surface area contributed by atoms with Gasteiger partial charge in [0.1, 0.15) is 88.6 Å². The molecule has 43 heteroatoms. The third kappa shape index (κ3) is 26.1. The molecule has 0 spiro atoms. The van der Waals surface area contributed by atoms with Crippen LogP contribution in [-0.4, -0.2) is 395 Å². The van der Waals surface area contributed by atoms with E-state index in [9.17, 15) is 45.0 Å². The quantitative estimate of drug-likeness (QED) is 0.0235. The van der Waals surface area contributed by atoms with Gasteiger partial charge >= 0.3 is 0 Å². The third-order valence-electron chi connectivity index (χ3n) is 18.2. The first-order valence-electron chi connectivity index (χ1n) is 36.1. The van der Waals surface area contributed by atoms with Crippen molar-refractivity contribution in [3.8, 4) is 0 Å². The fourth-order valence-electron chi connectivity index (χ4n) is 12.3. The minimum atomic E-state index is -1.33. The van der Waals surface area contributed by atoms with E-state index in [1.54, 1.807) is 39.7 Å². The molecule has 6 aliphatic rings. The first-order chi connectivity index (χ1) is 52.3. The number of fused-ring (bicyclic) bond motifs is 6. The number of likely N-dealkylation sites (N-methyl/N-ethyl adjacent to an activating group) is 1. The maximum absolute atomic E-state index is 11.5. The lowest BCUT2D eigenvalue weighted by Gasteiger charge is -2.42. The van der Waals surface area contributed by atoms with E-state index in [0.29, 0.717) is 136 Å². The van der Waals surface area contributed by atoms with Gasteiger partial charge in [-0.1, -0.05) is 15.6 Å². The number of carbonyl (C=O) groups is 3. The van der Waals surface area contributed by atoms with Crippen LogP contribution in [-0.2, 0) is 153 Å². The number of ether oxygens (including phenoxy) is 21. The first kappa shape index (κ1) is 86.7. The Morgan fingerprint density at radius 3 is 0.880 bits per heavy atom. The van der Waals surface area contributed by atoms with E-state index in [1.165, 1.54) is 20.8 Å². The summed E-state index contributed by atoms with van der Waals surface area (Å²) < 4.78 is 126. The number of carbonyl (C=O) groups excluding carboxylic acids is 3. The summed E-state index contributed by atoms with van der Waals surface area (Å²) in [6, 6.07) is -2.68. The average Bonchev–Trinajstić information content (AvgIpc) is 1.60. The molecule has 9 rings (SSSR count). The summed E-state index contributed by atoms with van der Waals surface area (Å²) in [5.41, 5.74) is -2.82. The highest BCUT2D eigenvalue weighted by atomic mass is 16.8. The fraction of sp³-hybridized carbons (Fsp3) is 0.862. The Kier molecular flexibility index (Phi) is 36.0. The van der Waals surface area contributed by atoms with Gasteiger partial charge < -0.3 is 151 Å². The lowest BCUT2D eigenvalue weighted by Crippen LogP contribution is -2.66. The third-order valence-corrected chi connectivity index (χ3v) is 18.2. The van der Waals surface area contributed by atoms with Crippen LogP contribution in [0.25, 0.3) is 0 Å². The van der Waals surface area contributed by atoms with Crippen molar-refractivity contribution in [2.45, 2.75) is 156 Å². The van der Waals surface area contributed by atoms with Gasteiger partial charge in [-0.05, 0) is 7.05 Å². The SMILES string of the molecule is CNC(COCc1cn(CCOCCOCCOCCOC[C@@]23CO[C@@H](O2)[C@H](NC(C)=O)[C@@H](O)[C@H]3O)nn1)(COCc1cn(CCOCCOCCOCCOC[C@@]23CO[C@@H](O2)[C@H](NC(C)=O)[C@@H](O)[C@H]3O)nn1)COCc1cn(CCOCCOCCOCCOC[C@@]23CO[C@@H](O2)[C@H](NC(C)=O)[C@@H](O)[C@H]3O)nn1. The summed E-state index contributed by atoms with van der Waals surface area (Å²) in [5.74, 6) is -1.14. The van der Waals surface area contributed by atoms with E-state index in [1.807, 2.05) is 0 Å². The van der Waals surface area contributed by atoms with Crippen LogP contribution >= 0.6 is 0 Å². The van der Waals surface area contributed by atoms with E-state index in [2.05, 4.69) is 52.2 Å². The molecule has 0 unspecified atom stereocenters. The largest absolute Gasteiger partial charge is 0.388 e. The van der Waals surface area contributed by atoms with Crippen molar-refractivity contribution in [1.29, 1.82) is 0 Å². The number of aromatic nitrogens is 9. The van der Waals surface area contributed by atoms with Gasteiger partial charge in [0.25, 0.3) is 0 Å². The molecule has 0 saturated carbocycles. The van der Waals surface area contributed by atoms with Crippen LogP contribution in [0, 0.1) is 0 Å². The molecule has 108 heavy (non-hydrogen) atoms. The molecular formula is C65H109N13O30. The summed E-state index contributed by atoms with van der Waals surface area (Å²) in [6.07, 6.45) is -5.18. The number of amides is 3. The lowest BCUT2D eigenvalue weighted by atomic mass is 9.88. The van der Waals surface area contributed by atoms with Gasteiger partial charge in [0.2, 0.25) is 17.7 Å². The van der Waals surface area contributed by atoms with Crippen molar-refractivity contribution in [3.05, 3.63) is 35.7 Å². The molecule has 0 aliphatic carbocycles. The lowest BCUT2D eigenvalue weighted by molar-refractivity contribution is -0.238. The summed E-state index contributed by atoms with van der Waals surface area (Å²) >= 11 is 0. The van der Waals surface area contributed by atoms with Gasteiger partial charge in [-0.15, -0.1) is 15.3 Å². The van der Waals surface area contributed by atoms with E-state index >= 15 is 0 Å². The number of nitrogens with one attached hydrogen (secondary N) is 4. The predicted octanol–water partition coefficient (Wildman–Crippen LogP) is -7.38. The average molecular weight is 1550 g/mol. The van der Waals surface area contributed by atoms with Crippen molar-refractivity contribution < 1.29 is 144 Å². The zero-order valence-corrected chi connectivity index (χ0v) is 61.6. The molecule has 6 saturated heterocycles. The zero-order valence-electron chi connectivity index (χ0n) is 61.6. The molecule has 6 fully saturated rings. The number of aliphatic hydroxyl groups is 6. The zero-order chi connectivity index (χ0) is 76.6. The highest BCUT2D eigenvalue weighted by Crippen LogP contribution is 2.40. The summed E-state index contributed by atoms with van der Waals surface area (Å²) in [7, 11) is 1.79. The standard InChI is InChI=1S/C65H109N13O30/c1-44(79)67-50-53(82)56(85)63(41-103-59(50)106-63)38-97-26-23-94-20-17-91-14-11-88-8-5-76-29-47(70-73-76)32-100-35-62(66-4,36-101-33-48-30-77(74-71-48)6-9-89-12-15-92-18-21-95-24-27-98-39-64-42-104-60(107-64)51(68-45(2)80)54(83)57(64)86)37-102-34-49-31-78(75-72-49)7-10-90-13-16-93-19-22-96-25-28-99-40-65-43-105-61(108-65)52(69-46(3)81)55(84)58(65)87/h29-31,50-61,66,82-87H,5-28,32-43H2,1-4H3,(H,67,79)(H,68,80)(H,69,81)/t50-,51-,52-,53-,54-,55-,56-,57-,58-,59+,60+,61+,63+,64+,65+/m1/s1. The number of hydrogen-bond donors (Lipinski definition) is 10. The van der Waals surface area contributed by atoms with Crippen molar-refractivity contribution in [2.24, 2.45) is 0 Å². The Hall–Kier alpha value is -5.29. The molecule has 0 radical (unpaired) electrons. The summed E-state index contributed by atoms with van der Waals surface area (Å²) in [4.78, 5) is 34.6. The van der Waals surface area contributed by atoms with Crippen LogP contribution < -0.4 is 21.3 Å². The fourth-order valence-corrected chi connectivity index (χ4v) is 12.3. The molecule has 614 valence electrons. The van der Waals surface area contributed by atoms with Crippen LogP contribution in [0.1, 0.15) is 37.9 Å². The van der Waals surface area contributed by atoms with E-state index < -0.39 is 96.0 Å². The number of aliphatic hydroxyl groups excluding tert-OH is 6. The Balaban J connectivity index is 0.615. The molecule has 9 heterocycles. The topological polar surface area (TPSA) is 507 Å². The Morgan fingerprint density at radius 1 is 0.398 bits per heavy atom. The minimum Gasteiger partial charge on any atom is -0.388 e. The smallest absolute Gasteiger partial charge is 0.217 e. The number of hydrogen-bond acceptors (Lipinski definition) is 37. The molecule has 43 nitrogen and oxygen atoms in total. The minimum absolute atomic E-state index is 0.00118. The molecule has 3 aromatic heterocycles. The summed E-state index contributed by atoms with van der Waals surface area (Å²) in [5, 5.41) is 100. The molecule has 3 amide bonds.